The molecule has 0 saturated carbocycles. The van der Waals surface area contributed by atoms with E-state index in [4.69, 9.17) is 38.4 Å². The van der Waals surface area contributed by atoms with Crippen molar-refractivity contribution in [3.05, 3.63) is 63.6 Å². The third-order valence-corrected chi connectivity index (χ3v) is 5.10. The van der Waals surface area contributed by atoms with Crippen molar-refractivity contribution in [3.8, 4) is 5.75 Å². The summed E-state index contributed by atoms with van der Waals surface area (Å²) in [5.74, 6) is 0.783. The van der Waals surface area contributed by atoms with Gasteiger partial charge in [0.2, 0.25) is 0 Å². The van der Waals surface area contributed by atoms with Crippen LogP contribution >= 0.6 is 23.2 Å². The van der Waals surface area contributed by atoms with Gasteiger partial charge in [0.25, 0.3) is 0 Å². The van der Waals surface area contributed by atoms with E-state index in [2.05, 4.69) is 0 Å². The predicted molar refractivity (Wildman–Crippen MR) is 99.3 cm³/mol. The highest BCUT2D eigenvalue weighted by Gasteiger charge is 2.20. The summed E-state index contributed by atoms with van der Waals surface area (Å²) in [5, 5.41) is 11.4. The molecule has 3 rings (SSSR count). The van der Waals surface area contributed by atoms with E-state index in [-0.39, 0.29) is 6.10 Å². The minimum Gasteiger partial charge on any atom is -0.490 e. The van der Waals surface area contributed by atoms with Gasteiger partial charge in [0.05, 0.1) is 35.4 Å². The molecule has 0 radical (unpaired) electrons. The number of nitrogens with two attached hydrogens (primary N) is 1. The fourth-order valence-electron chi connectivity index (χ4n) is 2.84. The van der Waals surface area contributed by atoms with Gasteiger partial charge in [0, 0.05) is 12.8 Å². The zero-order valence-corrected chi connectivity index (χ0v) is 15.2. The lowest BCUT2D eigenvalue weighted by Gasteiger charge is -2.24. The van der Waals surface area contributed by atoms with Gasteiger partial charge in [-0.25, -0.2) is 0 Å². The van der Waals surface area contributed by atoms with E-state index in [0.29, 0.717) is 10.0 Å². The molecule has 0 unspecified atom stereocenters. The average Bonchev–Trinajstić information content (AvgIpc) is 2.64. The molecule has 1 aliphatic heterocycles. The van der Waals surface area contributed by atoms with Crippen molar-refractivity contribution < 1.29 is 14.6 Å². The first-order chi connectivity index (χ1) is 12.0. The van der Waals surface area contributed by atoms with Gasteiger partial charge in [0.15, 0.2) is 0 Å². The average molecular weight is 382 g/mol. The van der Waals surface area contributed by atoms with Gasteiger partial charge < -0.3 is 20.3 Å². The maximum Gasteiger partial charge on any atom is 0.119 e. The molecule has 0 bridgehead atoms. The second-order valence-corrected chi connectivity index (χ2v) is 6.96. The van der Waals surface area contributed by atoms with Gasteiger partial charge in [-0.05, 0) is 35.4 Å². The molecule has 2 atom stereocenters. The molecule has 25 heavy (non-hydrogen) atoms. The quantitative estimate of drug-likeness (QED) is 0.810. The van der Waals surface area contributed by atoms with Crippen molar-refractivity contribution in [2.45, 2.75) is 31.1 Å². The standard InChI is InChI=1S/C19H21Cl2NO3/c20-16-6-3-13(11-17(16)21)18(22)19(23)12-1-4-14(5-2-12)25-15-7-9-24-10-8-15/h1-6,11,15,18-19,23H,7-10,22H2/t18-,19+/m0/s1. The summed E-state index contributed by atoms with van der Waals surface area (Å²) in [6.07, 6.45) is 1.12. The van der Waals surface area contributed by atoms with Crippen LogP contribution in [-0.2, 0) is 4.74 Å². The fourth-order valence-corrected chi connectivity index (χ4v) is 3.15. The molecule has 6 heteroatoms. The molecule has 0 aromatic heterocycles. The largest absolute Gasteiger partial charge is 0.490 e. The Morgan fingerprint density at radius 3 is 2.28 bits per heavy atom. The Balaban J connectivity index is 1.66. The van der Waals surface area contributed by atoms with E-state index < -0.39 is 12.1 Å². The highest BCUT2D eigenvalue weighted by Crippen LogP contribution is 2.31. The Kier molecular flexibility index (Phi) is 6.20. The molecule has 2 aromatic carbocycles. The molecule has 134 valence electrons. The molecule has 1 heterocycles. The molecule has 0 spiro atoms. The normalized spacial score (nSPS) is 17.9. The van der Waals surface area contributed by atoms with Gasteiger partial charge >= 0.3 is 0 Å². The molecule has 0 amide bonds. The maximum absolute atomic E-state index is 10.6. The minimum atomic E-state index is -0.852. The van der Waals surface area contributed by atoms with E-state index in [9.17, 15) is 5.11 Å². The third kappa shape index (κ3) is 4.66. The van der Waals surface area contributed by atoms with E-state index >= 15 is 0 Å². The van der Waals surface area contributed by atoms with Crippen LogP contribution in [-0.4, -0.2) is 24.4 Å². The van der Waals surface area contributed by atoms with Gasteiger partial charge in [-0.2, -0.15) is 0 Å². The topological polar surface area (TPSA) is 64.7 Å². The number of hydrogen-bond donors (Lipinski definition) is 2. The number of ether oxygens (including phenoxy) is 2. The highest BCUT2D eigenvalue weighted by molar-refractivity contribution is 6.42. The van der Waals surface area contributed by atoms with E-state index in [1.54, 1.807) is 18.2 Å². The second-order valence-electron chi connectivity index (χ2n) is 6.14. The SMILES string of the molecule is N[C@@H](c1ccc(Cl)c(Cl)c1)[C@H](O)c1ccc(OC2CCOCC2)cc1. The van der Waals surface area contributed by atoms with Crippen LogP contribution in [0.15, 0.2) is 42.5 Å². The summed E-state index contributed by atoms with van der Waals surface area (Å²) in [7, 11) is 0. The summed E-state index contributed by atoms with van der Waals surface area (Å²) in [6.45, 7) is 1.47. The van der Waals surface area contributed by atoms with Gasteiger partial charge in [0.1, 0.15) is 11.9 Å². The van der Waals surface area contributed by atoms with Crippen molar-refractivity contribution >= 4 is 23.2 Å². The van der Waals surface area contributed by atoms with Gasteiger partial charge in [-0.1, -0.05) is 41.4 Å². The van der Waals surface area contributed by atoms with Crippen molar-refractivity contribution in [2.24, 2.45) is 5.73 Å². The molecule has 1 aliphatic rings. The molecule has 0 aliphatic carbocycles. The molecule has 1 fully saturated rings. The molecule has 3 N–H and O–H groups in total. The van der Waals surface area contributed by atoms with Crippen LogP contribution in [0.25, 0.3) is 0 Å². The zero-order chi connectivity index (χ0) is 17.8. The lowest BCUT2D eigenvalue weighted by Crippen LogP contribution is -2.25. The summed E-state index contributed by atoms with van der Waals surface area (Å²) >= 11 is 11.9. The lowest BCUT2D eigenvalue weighted by atomic mass is 9.96. The highest BCUT2D eigenvalue weighted by atomic mass is 35.5. The summed E-state index contributed by atoms with van der Waals surface area (Å²) in [5.41, 5.74) is 7.63. The maximum atomic E-state index is 10.6. The first-order valence-electron chi connectivity index (χ1n) is 8.27. The number of aliphatic hydroxyl groups excluding tert-OH is 1. The van der Waals surface area contributed by atoms with Gasteiger partial charge in [-0.15, -0.1) is 0 Å². The lowest BCUT2D eigenvalue weighted by molar-refractivity contribution is 0.0255. The molecule has 1 saturated heterocycles. The Morgan fingerprint density at radius 1 is 1.00 bits per heavy atom. The van der Waals surface area contributed by atoms with Crippen molar-refractivity contribution in [1.29, 1.82) is 0 Å². The Morgan fingerprint density at radius 2 is 1.64 bits per heavy atom. The molecular weight excluding hydrogens is 361 g/mol. The van der Waals surface area contributed by atoms with Crippen LogP contribution in [0.1, 0.15) is 36.1 Å². The van der Waals surface area contributed by atoms with Crippen molar-refractivity contribution in [1.82, 2.24) is 0 Å². The smallest absolute Gasteiger partial charge is 0.119 e. The van der Waals surface area contributed by atoms with Crippen LogP contribution in [0.3, 0.4) is 0 Å². The number of aliphatic hydroxyl groups is 1. The number of rotatable bonds is 5. The van der Waals surface area contributed by atoms with Crippen molar-refractivity contribution in [2.75, 3.05) is 13.2 Å². The van der Waals surface area contributed by atoms with Crippen LogP contribution in [0.5, 0.6) is 5.75 Å². The predicted octanol–water partition coefficient (Wildman–Crippen LogP) is 4.28. The number of halogens is 2. The summed E-state index contributed by atoms with van der Waals surface area (Å²) in [6, 6.07) is 11.9. The zero-order valence-electron chi connectivity index (χ0n) is 13.7. The molecular formula is C19H21Cl2NO3. The first kappa shape index (κ1) is 18.5. The Labute approximate surface area is 157 Å². The summed E-state index contributed by atoms with van der Waals surface area (Å²) < 4.78 is 11.3. The van der Waals surface area contributed by atoms with Crippen molar-refractivity contribution in [3.63, 3.8) is 0 Å². The van der Waals surface area contributed by atoms with Crippen LogP contribution in [0.4, 0.5) is 0 Å². The fraction of sp³-hybridized carbons (Fsp3) is 0.368. The second kappa shape index (κ2) is 8.39. The van der Waals surface area contributed by atoms with E-state index in [1.165, 1.54) is 0 Å². The number of benzene rings is 2. The Bertz CT molecular complexity index is 702. The minimum absolute atomic E-state index is 0.183. The first-order valence-corrected chi connectivity index (χ1v) is 9.03. The number of hydrogen-bond acceptors (Lipinski definition) is 4. The van der Waals surface area contributed by atoms with Crippen LogP contribution in [0, 0.1) is 0 Å². The third-order valence-electron chi connectivity index (χ3n) is 4.36. The van der Waals surface area contributed by atoms with E-state index in [0.717, 1.165) is 42.9 Å². The monoisotopic (exact) mass is 381 g/mol. The van der Waals surface area contributed by atoms with E-state index in [1.807, 2.05) is 24.3 Å². The molecule has 4 nitrogen and oxygen atoms in total. The van der Waals surface area contributed by atoms with Crippen LogP contribution in [0.2, 0.25) is 10.0 Å². The summed E-state index contributed by atoms with van der Waals surface area (Å²) in [4.78, 5) is 0. The van der Waals surface area contributed by atoms with Gasteiger partial charge in [-0.3, -0.25) is 0 Å². The molecule has 2 aromatic rings. The van der Waals surface area contributed by atoms with Crippen LogP contribution < -0.4 is 10.5 Å². The Hall–Kier alpha value is -1.30.